The Balaban J connectivity index is 1.12. The molecule has 7 heteroatoms. The number of hydrogen-bond acceptors (Lipinski definition) is 4. The molecular formula is C25H26N2O5. The van der Waals surface area contributed by atoms with Crippen molar-refractivity contribution in [2.24, 2.45) is 11.8 Å². The number of likely N-dealkylation sites (tertiary alicyclic amines) is 1. The molecule has 166 valence electrons. The number of carboxylic acid groups (broad SMARTS) is 1. The Hall–Kier alpha value is -3.35. The number of rotatable bonds is 6. The lowest BCUT2D eigenvalue weighted by molar-refractivity contribution is -0.148. The van der Waals surface area contributed by atoms with E-state index >= 15 is 0 Å². The van der Waals surface area contributed by atoms with Crippen LogP contribution in [-0.2, 0) is 14.3 Å². The first-order valence-electron chi connectivity index (χ1n) is 11.2. The number of nitrogens with zero attached hydrogens (tertiary/aromatic N) is 1. The minimum Gasteiger partial charge on any atom is -0.480 e. The quantitative estimate of drug-likeness (QED) is 0.728. The van der Waals surface area contributed by atoms with Gasteiger partial charge in [0.1, 0.15) is 12.6 Å². The number of carbonyl (C=O) groups excluding carboxylic acids is 2. The zero-order valence-corrected chi connectivity index (χ0v) is 17.7. The average Bonchev–Trinajstić information content (AvgIpc) is 3.27. The third kappa shape index (κ3) is 3.72. The van der Waals surface area contributed by atoms with E-state index < -0.39 is 18.1 Å². The number of alkyl carbamates (subject to hydrolysis) is 1. The van der Waals surface area contributed by atoms with Crippen molar-refractivity contribution >= 4 is 18.0 Å². The van der Waals surface area contributed by atoms with Crippen LogP contribution in [-0.4, -0.2) is 53.7 Å². The smallest absolute Gasteiger partial charge is 0.407 e. The second-order valence-corrected chi connectivity index (χ2v) is 8.84. The summed E-state index contributed by atoms with van der Waals surface area (Å²) in [5.74, 6) is -1.20. The van der Waals surface area contributed by atoms with Gasteiger partial charge in [-0.3, -0.25) is 4.79 Å². The summed E-state index contributed by atoms with van der Waals surface area (Å²) in [6.45, 7) is 1.11. The summed E-state index contributed by atoms with van der Waals surface area (Å²) in [4.78, 5) is 37.8. The van der Waals surface area contributed by atoms with Crippen molar-refractivity contribution in [3.8, 4) is 11.1 Å². The molecule has 1 unspecified atom stereocenters. The third-order valence-corrected chi connectivity index (χ3v) is 6.91. The fourth-order valence-electron chi connectivity index (χ4n) is 5.14. The van der Waals surface area contributed by atoms with Crippen LogP contribution in [0.15, 0.2) is 48.5 Å². The van der Waals surface area contributed by atoms with Crippen LogP contribution in [0.5, 0.6) is 0 Å². The van der Waals surface area contributed by atoms with E-state index in [4.69, 9.17) is 4.74 Å². The first-order chi connectivity index (χ1) is 15.5. The molecule has 3 atom stereocenters. The van der Waals surface area contributed by atoms with Gasteiger partial charge in [-0.25, -0.2) is 9.59 Å². The summed E-state index contributed by atoms with van der Waals surface area (Å²) in [5, 5.41) is 12.1. The molecule has 1 saturated heterocycles. The highest BCUT2D eigenvalue weighted by Crippen LogP contribution is 2.44. The Bertz CT molecular complexity index is 1020. The number of benzene rings is 2. The highest BCUT2D eigenvalue weighted by Gasteiger charge is 2.48. The number of aliphatic carboxylic acids is 1. The molecule has 1 heterocycles. The number of carbonyl (C=O) groups is 3. The highest BCUT2D eigenvalue weighted by molar-refractivity contribution is 5.87. The monoisotopic (exact) mass is 434 g/mol. The molecule has 3 aliphatic rings. The van der Waals surface area contributed by atoms with E-state index in [2.05, 4.69) is 29.6 Å². The van der Waals surface area contributed by atoms with Crippen LogP contribution in [0, 0.1) is 11.8 Å². The lowest BCUT2D eigenvalue weighted by Crippen LogP contribution is -2.41. The van der Waals surface area contributed by atoms with Crippen LogP contribution in [0.2, 0.25) is 0 Å². The first-order valence-corrected chi connectivity index (χ1v) is 11.2. The fourth-order valence-corrected chi connectivity index (χ4v) is 5.14. The Kier molecular flexibility index (Phi) is 5.33. The third-order valence-electron chi connectivity index (χ3n) is 6.91. The van der Waals surface area contributed by atoms with Gasteiger partial charge >= 0.3 is 12.1 Å². The molecule has 2 aromatic rings. The maximum absolute atomic E-state index is 12.6. The van der Waals surface area contributed by atoms with Gasteiger partial charge < -0.3 is 20.1 Å². The van der Waals surface area contributed by atoms with E-state index in [1.807, 2.05) is 24.3 Å². The van der Waals surface area contributed by atoms with Crippen LogP contribution in [0.25, 0.3) is 11.1 Å². The van der Waals surface area contributed by atoms with Gasteiger partial charge in [0, 0.05) is 24.9 Å². The zero-order chi connectivity index (χ0) is 22.2. The molecule has 1 aliphatic heterocycles. The number of carboxylic acids is 1. The molecule has 0 radical (unpaired) electrons. The van der Waals surface area contributed by atoms with Crippen molar-refractivity contribution in [2.45, 2.75) is 31.2 Å². The first kappa shape index (κ1) is 20.5. The molecule has 32 heavy (non-hydrogen) atoms. The topological polar surface area (TPSA) is 95.9 Å². The Morgan fingerprint density at radius 2 is 1.69 bits per heavy atom. The molecule has 0 spiro atoms. The Labute approximate surface area is 186 Å². The maximum Gasteiger partial charge on any atom is 0.407 e. The van der Waals surface area contributed by atoms with Gasteiger partial charge in [-0.2, -0.15) is 0 Å². The van der Waals surface area contributed by atoms with Crippen LogP contribution in [0.3, 0.4) is 0 Å². The number of ether oxygens (including phenoxy) is 1. The summed E-state index contributed by atoms with van der Waals surface area (Å²) in [7, 11) is 0. The number of nitrogens with one attached hydrogen (secondary N) is 1. The summed E-state index contributed by atoms with van der Waals surface area (Å²) < 4.78 is 5.54. The second-order valence-electron chi connectivity index (χ2n) is 8.84. The minimum atomic E-state index is -0.940. The van der Waals surface area contributed by atoms with Gasteiger partial charge in [-0.15, -0.1) is 0 Å². The number of hydrogen-bond donors (Lipinski definition) is 2. The van der Waals surface area contributed by atoms with E-state index in [1.54, 1.807) is 0 Å². The van der Waals surface area contributed by atoms with Crippen LogP contribution in [0.4, 0.5) is 4.79 Å². The van der Waals surface area contributed by atoms with Gasteiger partial charge in [0.15, 0.2) is 0 Å². The predicted molar refractivity (Wildman–Crippen MR) is 117 cm³/mol. The molecular weight excluding hydrogens is 408 g/mol. The zero-order valence-electron chi connectivity index (χ0n) is 17.7. The van der Waals surface area contributed by atoms with E-state index in [-0.39, 0.29) is 30.3 Å². The SMILES string of the molecule is O=C(NC[C@H]1C[C@H]1C(=O)N1CCCC1C(=O)O)OCC1c2ccccc2-c2ccccc21. The van der Waals surface area contributed by atoms with Crippen molar-refractivity contribution in [3.05, 3.63) is 59.7 Å². The molecule has 2 aliphatic carbocycles. The second kappa shape index (κ2) is 8.30. The summed E-state index contributed by atoms with van der Waals surface area (Å²) in [6.07, 6.45) is 1.41. The Morgan fingerprint density at radius 1 is 1.03 bits per heavy atom. The molecule has 1 saturated carbocycles. The highest BCUT2D eigenvalue weighted by atomic mass is 16.5. The summed E-state index contributed by atoms with van der Waals surface area (Å²) >= 11 is 0. The van der Waals surface area contributed by atoms with Crippen molar-refractivity contribution in [3.63, 3.8) is 0 Å². The normalized spacial score (nSPS) is 23.4. The van der Waals surface area contributed by atoms with Gasteiger partial charge in [0.05, 0.1) is 0 Å². The van der Waals surface area contributed by atoms with E-state index in [1.165, 1.54) is 16.0 Å². The van der Waals surface area contributed by atoms with Crippen LogP contribution in [0.1, 0.15) is 36.3 Å². The molecule has 2 fully saturated rings. The van der Waals surface area contributed by atoms with E-state index in [0.717, 1.165) is 17.5 Å². The summed E-state index contributed by atoms with van der Waals surface area (Å²) in [5.41, 5.74) is 4.68. The van der Waals surface area contributed by atoms with Gasteiger partial charge in [-0.1, -0.05) is 48.5 Å². The van der Waals surface area contributed by atoms with Crippen LogP contribution >= 0.6 is 0 Å². The van der Waals surface area contributed by atoms with Crippen molar-refractivity contribution in [2.75, 3.05) is 19.7 Å². The molecule has 0 aromatic heterocycles. The van der Waals surface area contributed by atoms with E-state index in [0.29, 0.717) is 25.9 Å². The van der Waals surface area contributed by atoms with Crippen LogP contribution < -0.4 is 5.32 Å². The average molecular weight is 434 g/mol. The number of amides is 2. The Morgan fingerprint density at radius 3 is 2.34 bits per heavy atom. The maximum atomic E-state index is 12.6. The van der Waals surface area contributed by atoms with E-state index in [9.17, 15) is 19.5 Å². The molecule has 2 aromatic carbocycles. The molecule has 0 bridgehead atoms. The minimum absolute atomic E-state index is 0.00604. The lowest BCUT2D eigenvalue weighted by Gasteiger charge is -2.21. The molecule has 2 N–H and O–H groups in total. The molecule has 5 rings (SSSR count). The van der Waals surface area contributed by atoms with Crippen molar-refractivity contribution in [1.29, 1.82) is 0 Å². The summed E-state index contributed by atoms with van der Waals surface area (Å²) in [6, 6.07) is 15.6. The molecule has 7 nitrogen and oxygen atoms in total. The van der Waals surface area contributed by atoms with Gasteiger partial charge in [0.25, 0.3) is 0 Å². The van der Waals surface area contributed by atoms with Gasteiger partial charge in [0.2, 0.25) is 5.91 Å². The standard InChI is InChI=1S/C25H26N2O5/c28-23(27-11-5-10-22(27)24(29)30)20-12-15(20)13-26-25(31)32-14-21-18-8-3-1-6-16(18)17-7-2-4-9-19(17)21/h1-4,6-9,15,20-22H,5,10-14H2,(H,26,31)(H,29,30)/t15-,20-,22?/m1/s1. The van der Waals surface area contributed by atoms with Crippen molar-refractivity contribution in [1.82, 2.24) is 10.2 Å². The van der Waals surface area contributed by atoms with Crippen molar-refractivity contribution < 1.29 is 24.2 Å². The number of fused-ring (bicyclic) bond motifs is 3. The fraction of sp³-hybridized carbons (Fsp3) is 0.400. The van der Waals surface area contributed by atoms with Gasteiger partial charge in [-0.05, 0) is 47.4 Å². The lowest BCUT2D eigenvalue weighted by atomic mass is 9.98. The predicted octanol–water partition coefficient (Wildman–Crippen LogP) is 3.24. The largest absolute Gasteiger partial charge is 0.480 e. The molecule has 2 amide bonds.